The van der Waals surface area contributed by atoms with E-state index >= 15 is 0 Å². The average molecular weight is 189 g/mol. The minimum absolute atomic E-state index is 0.210. The lowest BCUT2D eigenvalue weighted by molar-refractivity contribution is -0.283. The molecule has 13 heavy (non-hydrogen) atoms. The van der Waals surface area contributed by atoms with Crippen molar-refractivity contribution >= 4 is 0 Å². The van der Waals surface area contributed by atoms with E-state index in [9.17, 15) is 10.2 Å². The Morgan fingerprint density at radius 3 is 3.00 bits per heavy atom. The first-order chi connectivity index (χ1) is 6.11. The molecule has 5 atom stereocenters. The molecule has 3 fully saturated rings. The molecule has 0 aromatic heterocycles. The molecule has 3 aliphatic rings. The standard InChI is InChI=1S/C7H11NO5/c9-2-6-1-7(11)4(6)3(13-8-7)5(10)12-6/h3-5,8-11H,1-2H2/t3?,4?,5-,6-,7?/m1/s1. The van der Waals surface area contributed by atoms with Crippen molar-refractivity contribution in [2.45, 2.75) is 30.1 Å². The number of aliphatic hydroxyl groups is 3. The summed E-state index contributed by atoms with van der Waals surface area (Å²) in [6.45, 7) is -0.210. The molecule has 1 saturated carbocycles. The summed E-state index contributed by atoms with van der Waals surface area (Å²) in [6.07, 6.45) is -1.40. The van der Waals surface area contributed by atoms with Gasteiger partial charge in [0.15, 0.2) is 6.29 Å². The number of aliphatic hydroxyl groups excluding tert-OH is 2. The smallest absolute Gasteiger partial charge is 0.184 e. The molecular formula is C7H11NO5. The normalized spacial score (nSPS) is 63.5. The van der Waals surface area contributed by atoms with Crippen molar-refractivity contribution in [1.82, 2.24) is 5.48 Å². The lowest BCUT2D eigenvalue weighted by atomic mass is 9.63. The van der Waals surface area contributed by atoms with Crippen LogP contribution in [0.2, 0.25) is 0 Å². The van der Waals surface area contributed by atoms with Crippen molar-refractivity contribution in [3.05, 3.63) is 0 Å². The molecule has 2 heterocycles. The van der Waals surface area contributed by atoms with Gasteiger partial charge in [0, 0.05) is 6.42 Å². The topological polar surface area (TPSA) is 91.2 Å². The van der Waals surface area contributed by atoms with E-state index in [-0.39, 0.29) is 18.9 Å². The zero-order chi connectivity index (χ0) is 9.27. The number of hydroxylamine groups is 1. The van der Waals surface area contributed by atoms with Crippen LogP contribution in [-0.2, 0) is 9.57 Å². The fourth-order valence-corrected chi connectivity index (χ4v) is 2.73. The second kappa shape index (κ2) is 2.05. The van der Waals surface area contributed by atoms with Gasteiger partial charge >= 0.3 is 0 Å². The van der Waals surface area contributed by atoms with Gasteiger partial charge in [-0.3, -0.25) is 4.84 Å². The molecule has 6 heteroatoms. The molecule has 3 rings (SSSR count). The number of hydrogen-bond acceptors (Lipinski definition) is 6. The molecule has 2 saturated heterocycles. The number of hydrogen-bond donors (Lipinski definition) is 4. The van der Waals surface area contributed by atoms with Crippen LogP contribution in [0.3, 0.4) is 0 Å². The Kier molecular flexibility index (Phi) is 1.28. The Labute approximate surface area is 74.0 Å². The summed E-state index contributed by atoms with van der Waals surface area (Å²) in [5.74, 6) is -0.375. The Balaban J connectivity index is 1.98. The van der Waals surface area contributed by atoms with Crippen LogP contribution < -0.4 is 5.48 Å². The Bertz CT molecular complexity index is 261. The third kappa shape index (κ3) is 0.709. The zero-order valence-corrected chi connectivity index (χ0v) is 6.80. The highest BCUT2D eigenvalue weighted by Gasteiger charge is 2.76. The first-order valence-electron chi connectivity index (χ1n) is 4.23. The van der Waals surface area contributed by atoms with Crippen LogP contribution in [0.1, 0.15) is 6.42 Å². The molecule has 0 spiro atoms. The SMILES string of the molecule is OC[C@]12CC3(O)NOC(C31)[C@H](O)O2. The summed E-state index contributed by atoms with van der Waals surface area (Å²) in [6, 6.07) is 0. The van der Waals surface area contributed by atoms with Gasteiger partial charge in [-0.25, -0.2) is 0 Å². The Morgan fingerprint density at radius 1 is 1.54 bits per heavy atom. The summed E-state index contributed by atoms with van der Waals surface area (Å²) < 4.78 is 5.18. The molecule has 0 bridgehead atoms. The van der Waals surface area contributed by atoms with Crippen LogP contribution in [0, 0.1) is 5.92 Å². The maximum atomic E-state index is 9.81. The van der Waals surface area contributed by atoms with Gasteiger partial charge in [-0.1, -0.05) is 0 Å². The van der Waals surface area contributed by atoms with Crippen LogP contribution in [0.5, 0.6) is 0 Å². The molecule has 74 valence electrons. The lowest BCUT2D eigenvalue weighted by Crippen LogP contribution is -2.69. The van der Waals surface area contributed by atoms with E-state index in [1.807, 2.05) is 0 Å². The third-order valence-electron chi connectivity index (χ3n) is 3.25. The van der Waals surface area contributed by atoms with Crippen molar-refractivity contribution in [1.29, 1.82) is 0 Å². The molecule has 0 amide bonds. The first kappa shape index (κ1) is 8.10. The van der Waals surface area contributed by atoms with Gasteiger partial charge in [0.2, 0.25) is 0 Å². The second-order valence-electron chi connectivity index (χ2n) is 3.99. The van der Waals surface area contributed by atoms with Gasteiger partial charge in [0.25, 0.3) is 0 Å². The molecule has 0 aromatic rings. The molecule has 0 radical (unpaired) electrons. The van der Waals surface area contributed by atoms with Crippen molar-refractivity contribution in [2.75, 3.05) is 6.61 Å². The highest BCUT2D eigenvalue weighted by atomic mass is 16.7. The summed E-state index contributed by atoms with van der Waals surface area (Å²) >= 11 is 0. The van der Waals surface area contributed by atoms with E-state index in [4.69, 9.17) is 14.7 Å². The zero-order valence-electron chi connectivity index (χ0n) is 6.80. The largest absolute Gasteiger partial charge is 0.393 e. The quantitative estimate of drug-likeness (QED) is 0.370. The van der Waals surface area contributed by atoms with Gasteiger partial charge in [-0.05, 0) is 0 Å². The second-order valence-corrected chi connectivity index (χ2v) is 3.99. The lowest BCUT2D eigenvalue weighted by Gasteiger charge is -2.50. The van der Waals surface area contributed by atoms with Crippen LogP contribution in [0.15, 0.2) is 0 Å². The molecule has 6 nitrogen and oxygen atoms in total. The summed E-state index contributed by atoms with van der Waals surface area (Å²) in [5.41, 5.74) is 0.507. The number of nitrogens with one attached hydrogen (secondary N) is 1. The minimum Gasteiger partial charge on any atom is -0.393 e. The van der Waals surface area contributed by atoms with Crippen LogP contribution in [0.4, 0.5) is 0 Å². The van der Waals surface area contributed by atoms with E-state index in [1.54, 1.807) is 0 Å². The first-order valence-corrected chi connectivity index (χ1v) is 4.23. The molecule has 0 aromatic carbocycles. The van der Waals surface area contributed by atoms with Gasteiger partial charge in [0.1, 0.15) is 17.4 Å². The van der Waals surface area contributed by atoms with Gasteiger partial charge in [0.05, 0.1) is 12.5 Å². The van der Waals surface area contributed by atoms with Crippen molar-refractivity contribution in [3.8, 4) is 0 Å². The number of rotatable bonds is 1. The van der Waals surface area contributed by atoms with Gasteiger partial charge in [-0.15, -0.1) is 0 Å². The average Bonchev–Trinajstić information content (AvgIpc) is 2.47. The van der Waals surface area contributed by atoms with E-state index in [0.717, 1.165) is 0 Å². The Morgan fingerprint density at radius 2 is 2.31 bits per heavy atom. The molecule has 3 unspecified atom stereocenters. The highest BCUT2D eigenvalue weighted by Crippen LogP contribution is 2.58. The predicted molar refractivity (Wildman–Crippen MR) is 38.0 cm³/mol. The summed E-state index contributed by atoms with van der Waals surface area (Å²) in [5, 5.41) is 28.3. The van der Waals surface area contributed by atoms with Crippen molar-refractivity contribution < 1.29 is 24.9 Å². The van der Waals surface area contributed by atoms with E-state index in [1.165, 1.54) is 0 Å². The predicted octanol–water partition coefficient (Wildman–Crippen LogP) is -2.32. The van der Waals surface area contributed by atoms with E-state index in [0.29, 0.717) is 0 Å². The maximum absolute atomic E-state index is 9.81. The number of ether oxygens (including phenoxy) is 1. The van der Waals surface area contributed by atoms with Gasteiger partial charge < -0.3 is 20.1 Å². The summed E-state index contributed by atoms with van der Waals surface area (Å²) in [7, 11) is 0. The van der Waals surface area contributed by atoms with E-state index in [2.05, 4.69) is 5.48 Å². The van der Waals surface area contributed by atoms with Crippen molar-refractivity contribution in [3.63, 3.8) is 0 Å². The third-order valence-corrected chi connectivity index (χ3v) is 3.25. The monoisotopic (exact) mass is 189 g/mol. The van der Waals surface area contributed by atoms with Crippen LogP contribution in [0.25, 0.3) is 0 Å². The molecule has 4 N–H and O–H groups in total. The maximum Gasteiger partial charge on any atom is 0.184 e. The molecule has 1 aliphatic carbocycles. The Hall–Kier alpha value is -0.240. The highest BCUT2D eigenvalue weighted by molar-refractivity contribution is 5.20. The molecular weight excluding hydrogens is 178 g/mol. The summed E-state index contributed by atoms with van der Waals surface area (Å²) in [4.78, 5) is 4.99. The van der Waals surface area contributed by atoms with Crippen LogP contribution >= 0.6 is 0 Å². The molecule has 2 aliphatic heterocycles. The fourth-order valence-electron chi connectivity index (χ4n) is 2.73. The van der Waals surface area contributed by atoms with Crippen LogP contribution in [-0.4, -0.2) is 45.6 Å². The van der Waals surface area contributed by atoms with Crippen molar-refractivity contribution in [2.24, 2.45) is 5.92 Å². The fraction of sp³-hybridized carbons (Fsp3) is 1.00. The minimum atomic E-state index is -1.13. The van der Waals surface area contributed by atoms with E-state index < -0.39 is 23.7 Å². The van der Waals surface area contributed by atoms with Gasteiger partial charge in [-0.2, -0.15) is 5.48 Å².